The minimum absolute atomic E-state index is 0.0121. The first-order valence-electron chi connectivity index (χ1n) is 21.5. The molecule has 1 unspecified atom stereocenters. The molecule has 5 aromatic rings. The maximum absolute atomic E-state index is 14.6. The van der Waals surface area contributed by atoms with Crippen LogP contribution in [-0.2, 0) is 11.2 Å². The molecule has 66 heavy (non-hydrogen) atoms. The predicted octanol–water partition coefficient (Wildman–Crippen LogP) is 12.8. The number of rotatable bonds is 2. The number of Topliss-reactive ketones (excluding diaryl/α,β-unsaturated/α-hetero) is 1. The van der Waals surface area contributed by atoms with E-state index in [-0.39, 0.29) is 50.1 Å². The number of allylic oxidation sites excluding steroid dienone is 4. The molecule has 11 rings (SSSR count). The smallest absolute Gasteiger partial charge is 0.194 e. The van der Waals surface area contributed by atoms with Gasteiger partial charge in [0, 0.05) is 64.0 Å². The quantitative estimate of drug-likeness (QED) is 0.104. The molecule has 4 heterocycles. The molecular formula is C52H32F4N4O4S2. The molecule has 0 bridgehead atoms. The number of halogens is 4. The molecule has 2 fully saturated rings. The number of carbonyl (C=O) groups is 1. The van der Waals surface area contributed by atoms with Crippen molar-refractivity contribution in [1.82, 2.24) is 0 Å². The van der Waals surface area contributed by atoms with Gasteiger partial charge < -0.3 is 14.6 Å². The van der Waals surface area contributed by atoms with Gasteiger partial charge in [-0.05, 0) is 134 Å². The average molecular weight is 917 g/mol. The molecule has 6 aliphatic rings. The molecule has 324 valence electrons. The fourth-order valence-electron chi connectivity index (χ4n) is 10.9. The largest absolute Gasteiger partial charge is 0.482 e. The maximum Gasteiger partial charge on any atom is 0.194 e. The van der Waals surface area contributed by atoms with Crippen LogP contribution in [0.4, 0.5) is 17.6 Å². The molecule has 0 saturated heterocycles. The summed E-state index contributed by atoms with van der Waals surface area (Å²) in [6, 6.07) is 18.8. The van der Waals surface area contributed by atoms with E-state index in [0.717, 1.165) is 108 Å². The first-order chi connectivity index (χ1) is 31.9. The van der Waals surface area contributed by atoms with Gasteiger partial charge in [0.25, 0.3) is 0 Å². The molecule has 2 spiro atoms. The molecule has 3 aromatic carbocycles. The zero-order valence-electron chi connectivity index (χ0n) is 34.7. The topological polar surface area (TPSA) is 151 Å². The van der Waals surface area contributed by atoms with Crippen molar-refractivity contribution in [1.29, 1.82) is 21.0 Å². The third kappa shape index (κ3) is 6.10. The Morgan fingerprint density at radius 2 is 1.05 bits per heavy atom. The van der Waals surface area contributed by atoms with Crippen LogP contribution < -0.4 is 9.47 Å². The zero-order valence-corrected chi connectivity index (χ0v) is 36.3. The van der Waals surface area contributed by atoms with E-state index in [4.69, 9.17) is 9.47 Å². The lowest BCUT2D eigenvalue weighted by atomic mass is 9.76. The van der Waals surface area contributed by atoms with E-state index in [9.17, 15) is 48.5 Å². The van der Waals surface area contributed by atoms with E-state index in [0.29, 0.717) is 34.1 Å². The number of carbonyl (C=O) groups excluding carboxylic acids is 1. The van der Waals surface area contributed by atoms with Gasteiger partial charge >= 0.3 is 0 Å². The molecular weight excluding hydrogens is 885 g/mol. The molecule has 4 aliphatic carbocycles. The summed E-state index contributed by atoms with van der Waals surface area (Å²) in [5.74, 6) is -4.12. The highest BCUT2D eigenvalue weighted by molar-refractivity contribution is 7.17. The van der Waals surface area contributed by atoms with E-state index in [1.807, 2.05) is 48.5 Å². The van der Waals surface area contributed by atoms with Gasteiger partial charge in [-0.2, -0.15) is 21.0 Å². The molecule has 0 amide bonds. The number of ether oxygens (including phenoxy) is 2. The monoisotopic (exact) mass is 916 g/mol. The second-order valence-corrected chi connectivity index (χ2v) is 19.6. The van der Waals surface area contributed by atoms with Gasteiger partial charge in [-0.15, -0.1) is 22.7 Å². The van der Waals surface area contributed by atoms with Gasteiger partial charge in [-0.25, -0.2) is 17.6 Å². The summed E-state index contributed by atoms with van der Waals surface area (Å²) >= 11 is 2.85. The van der Waals surface area contributed by atoms with Crippen LogP contribution in [0.3, 0.4) is 0 Å². The summed E-state index contributed by atoms with van der Waals surface area (Å²) in [4.78, 5) is 17.0. The van der Waals surface area contributed by atoms with Crippen molar-refractivity contribution >= 4 is 51.8 Å². The molecule has 1 N–H and O–H groups in total. The Balaban J connectivity index is 1.07. The minimum Gasteiger partial charge on any atom is -0.482 e. The first-order valence-corrected chi connectivity index (χ1v) is 23.1. The standard InChI is InChI=1S/C52H32F4N4O4S2/c53-39-15-29-31(17-41(39)55)47(61)35(45(29)25(21-57)22-58)11-27-13-37-49(65-27)33-20-44-34(19-43(33)63-51(37)7-3-1-4-8-51)50-38(52(64-44)9-5-2-6-10-52)14-28(66-50)12-36-46(26(23-59)24-60)30-16-40(54)42(56)18-32(30)48(36)62/h11-20,47,61H,1-10H2/b35-11-,36-12-. The van der Waals surface area contributed by atoms with E-state index in [1.54, 1.807) is 12.2 Å². The van der Waals surface area contributed by atoms with Crippen molar-refractivity contribution in [3.63, 3.8) is 0 Å². The number of benzene rings is 3. The number of thiophene rings is 2. The summed E-state index contributed by atoms with van der Waals surface area (Å²) < 4.78 is 72.5. The number of hydrogen-bond donors (Lipinski definition) is 1. The molecule has 1 atom stereocenters. The number of ketones is 1. The molecule has 2 aliphatic heterocycles. The van der Waals surface area contributed by atoms with Crippen molar-refractivity contribution in [2.24, 2.45) is 0 Å². The Labute approximate surface area is 383 Å². The summed E-state index contributed by atoms with van der Waals surface area (Å²) in [5, 5.41) is 51.3. The van der Waals surface area contributed by atoms with Crippen molar-refractivity contribution in [2.75, 3.05) is 0 Å². The fourth-order valence-corrected chi connectivity index (χ4v) is 13.3. The summed E-state index contributed by atoms with van der Waals surface area (Å²) in [6.45, 7) is 0. The lowest BCUT2D eigenvalue weighted by Crippen LogP contribution is -2.38. The van der Waals surface area contributed by atoms with Gasteiger partial charge in [0.1, 0.15) is 64.2 Å². The number of hydrogen-bond acceptors (Lipinski definition) is 10. The van der Waals surface area contributed by atoms with Crippen LogP contribution in [0.15, 0.2) is 70.8 Å². The highest BCUT2D eigenvalue weighted by Gasteiger charge is 2.47. The van der Waals surface area contributed by atoms with Crippen LogP contribution in [0, 0.1) is 68.6 Å². The van der Waals surface area contributed by atoms with Crippen molar-refractivity contribution in [3.8, 4) is 56.7 Å². The highest BCUT2D eigenvalue weighted by Crippen LogP contribution is 2.61. The number of aliphatic hydroxyl groups excluding tert-OH is 1. The SMILES string of the molecule is N#CC(C#N)=C1/C(=C/c2cc3c(s2)-c2cc4c(cc2OC32CCCCC2)-c2sc(/C=C3/C(=C(C#N)C#N)c5cc(F)c(F)cc5C3O)cc2C2(CCCCC2)O4)C(=O)c2cc(F)c(F)cc21. The van der Waals surface area contributed by atoms with Gasteiger partial charge in [-0.1, -0.05) is 12.8 Å². The number of nitrogens with zero attached hydrogens (tertiary/aromatic N) is 4. The minimum atomic E-state index is -1.43. The van der Waals surface area contributed by atoms with E-state index >= 15 is 0 Å². The number of aliphatic hydroxyl groups is 1. The zero-order chi connectivity index (χ0) is 45.8. The fraction of sp³-hybridized carbons (Fsp3) is 0.250. The van der Waals surface area contributed by atoms with Gasteiger partial charge in [0.2, 0.25) is 0 Å². The first kappa shape index (κ1) is 41.6. The van der Waals surface area contributed by atoms with Crippen LogP contribution >= 0.6 is 22.7 Å². The Kier molecular flexibility index (Phi) is 9.62. The molecule has 14 heteroatoms. The van der Waals surface area contributed by atoms with Crippen LogP contribution in [0.5, 0.6) is 11.5 Å². The number of nitriles is 4. The summed E-state index contributed by atoms with van der Waals surface area (Å²) in [5.41, 5.74) is 1.44. The van der Waals surface area contributed by atoms with Crippen LogP contribution in [-0.4, -0.2) is 10.9 Å². The van der Waals surface area contributed by atoms with Crippen LogP contribution in [0.1, 0.15) is 118 Å². The van der Waals surface area contributed by atoms with E-state index < -0.39 is 51.9 Å². The van der Waals surface area contributed by atoms with E-state index in [2.05, 4.69) is 0 Å². The molecule has 2 aromatic heterocycles. The normalized spacial score (nSPS) is 20.2. The maximum atomic E-state index is 14.6. The summed E-state index contributed by atoms with van der Waals surface area (Å²) in [7, 11) is 0. The second kappa shape index (κ2) is 15.3. The second-order valence-electron chi connectivity index (χ2n) is 17.4. The Bertz CT molecular complexity index is 3340. The third-order valence-corrected chi connectivity index (χ3v) is 16.1. The Morgan fingerprint density at radius 1 is 0.591 bits per heavy atom. The van der Waals surface area contributed by atoms with Crippen LogP contribution in [0.25, 0.3) is 44.2 Å². The Hall–Kier alpha value is -7.07. The lowest BCUT2D eigenvalue weighted by Gasteiger charge is -2.44. The van der Waals surface area contributed by atoms with E-state index in [1.165, 1.54) is 22.7 Å². The van der Waals surface area contributed by atoms with Crippen molar-refractivity contribution in [3.05, 3.63) is 137 Å². The van der Waals surface area contributed by atoms with Crippen molar-refractivity contribution < 1.29 is 36.9 Å². The molecule has 2 saturated carbocycles. The average Bonchev–Trinajstić information content (AvgIpc) is 4.07. The predicted molar refractivity (Wildman–Crippen MR) is 238 cm³/mol. The molecule has 0 radical (unpaired) electrons. The molecule has 8 nitrogen and oxygen atoms in total. The highest BCUT2D eigenvalue weighted by atomic mass is 32.1. The third-order valence-electron chi connectivity index (χ3n) is 13.8. The Morgan fingerprint density at radius 3 is 1.56 bits per heavy atom. The summed E-state index contributed by atoms with van der Waals surface area (Å²) in [6.07, 6.45) is 10.4. The van der Waals surface area contributed by atoms with Gasteiger partial charge in [0.05, 0.1) is 0 Å². The van der Waals surface area contributed by atoms with Gasteiger partial charge in [-0.3, -0.25) is 4.79 Å². The van der Waals surface area contributed by atoms with Crippen LogP contribution in [0.2, 0.25) is 0 Å². The van der Waals surface area contributed by atoms with Gasteiger partial charge in [0.15, 0.2) is 29.1 Å². The number of fused-ring (bicyclic) bond motifs is 10. The lowest BCUT2D eigenvalue weighted by molar-refractivity contribution is 0.0203. The van der Waals surface area contributed by atoms with Crippen molar-refractivity contribution in [2.45, 2.75) is 81.5 Å².